The molecule has 0 unspecified atom stereocenters. The van der Waals surface area contributed by atoms with Crippen LogP contribution >= 0.6 is 11.3 Å². The van der Waals surface area contributed by atoms with Gasteiger partial charge < -0.3 is 8.83 Å². The van der Waals surface area contributed by atoms with Crippen molar-refractivity contribution in [3.05, 3.63) is 170 Å². The Bertz CT molecular complexity index is 3470. The van der Waals surface area contributed by atoms with E-state index < -0.39 is 0 Å². The van der Waals surface area contributed by atoms with Crippen LogP contribution in [0.2, 0.25) is 0 Å². The summed E-state index contributed by atoms with van der Waals surface area (Å²) in [5, 5.41) is 5.84. The SMILES string of the molecule is c1ccc2c(c1)oc1c(-c3ccc(-c4ccc5oc6nc7ccc(-c8ccc(-c9cccc%10c9sc9ccccc9%10)cc8)cc7nc6c5c4)cc3)cccc12. The average molecular weight is 721 g/mol. The van der Waals surface area contributed by atoms with Gasteiger partial charge in [-0.15, -0.1) is 11.3 Å². The molecule has 0 fully saturated rings. The van der Waals surface area contributed by atoms with Gasteiger partial charge in [0, 0.05) is 41.9 Å². The van der Waals surface area contributed by atoms with Crippen molar-refractivity contribution in [2.75, 3.05) is 0 Å². The maximum absolute atomic E-state index is 6.32. The summed E-state index contributed by atoms with van der Waals surface area (Å²) in [5.74, 6) is 0. The molecule has 256 valence electrons. The van der Waals surface area contributed by atoms with E-state index in [0.29, 0.717) is 5.71 Å². The summed E-state index contributed by atoms with van der Waals surface area (Å²) in [4.78, 5) is 10.0. The van der Waals surface area contributed by atoms with E-state index >= 15 is 0 Å². The molecule has 0 radical (unpaired) electrons. The Labute approximate surface area is 318 Å². The highest BCUT2D eigenvalue weighted by Gasteiger charge is 2.16. The lowest BCUT2D eigenvalue weighted by molar-refractivity contribution is 0.655. The molecule has 5 heteroatoms. The molecule has 0 amide bonds. The Morgan fingerprint density at radius 2 is 1.00 bits per heavy atom. The monoisotopic (exact) mass is 720 g/mol. The van der Waals surface area contributed by atoms with Crippen LogP contribution in [0.4, 0.5) is 0 Å². The molecule has 0 saturated carbocycles. The molecule has 8 aromatic carbocycles. The van der Waals surface area contributed by atoms with Crippen LogP contribution in [-0.2, 0) is 0 Å². The first-order valence-corrected chi connectivity index (χ1v) is 19.2. The van der Waals surface area contributed by atoms with Crippen LogP contribution in [0.15, 0.2) is 179 Å². The second kappa shape index (κ2) is 11.7. The first-order valence-electron chi connectivity index (χ1n) is 18.4. The van der Waals surface area contributed by atoms with E-state index in [2.05, 4.69) is 146 Å². The molecule has 0 aliphatic heterocycles. The molecule has 0 spiro atoms. The molecular weight excluding hydrogens is 693 g/mol. The fourth-order valence-electron chi connectivity index (χ4n) is 8.19. The van der Waals surface area contributed by atoms with Gasteiger partial charge in [-0.1, -0.05) is 133 Å². The normalized spacial score (nSPS) is 12.0. The van der Waals surface area contributed by atoms with Gasteiger partial charge in [0.2, 0.25) is 5.71 Å². The van der Waals surface area contributed by atoms with Crippen LogP contribution in [0.3, 0.4) is 0 Å². The number of aromatic nitrogens is 2. The van der Waals surface area contributed by atoms with E-state index in [0.717, 1.165) is 82.8 Å². The Balaban J connectivity index is 0.882. The van der Waals surface area contributed by atoms with E-state index in [1.807, 2.05) is 35.6 Å². The van der Waals surface area contributed by atoms with Gasteiger partial charge in [-0.2, -0.15) is 0 Å². The minimum Gasteiger partial charge on any atom is -0.455 e. The zero-order valence-electron chi connectivity index (χ0n) is 29.3. The Kier molecular flexibility index (Phi) is 6.47. The number of hydrogen-bond acceptors (Lipinski definition) is 5. The number of hydrogen-bond donors (Lipinski definition) is 0. The van der Waals surface area contributed by atoms with Crippen LogP contribution < -0.4 is 0 Å². The molecule has 0 N–H and O–H groups in total. The van der Waals surface area contributed by atoms with Gasteiger partial charge in [0.25, 0.3) is 0 Å². The molecule has 4 heterocycles. The molecule has 0 aliphatic rings. The first kappa shape index (κ1) is 30.4. The van der Waals surface area contributed by atoms with Crippen molar-refractivity contribution in [2.24, 2.45) is 0 Å². The van der Waals surface area contributed by atoms with Crippen LogP contribution in [0.1, 0.15) is 0 Å². The molecule has 4 nitrogen and oxygen atoms in total. The van der Waals surface area contributed by atoms with Gasteiger partial charge in [-0.05, 0) is 75.3 Å². The fraction of sp³-hybridized carbons (Fsp3) is 0. The number of thiophene rings is 1. The summed E-state index contributed by atoms with van der Waals surface area (Å²) < 4.78 is 15.2. The van der Waals surface area contributed by atoms with Gasteiger partial charge in [0.15, 0.2) is 0 Å². The second-order valence-corrected chi connectivity index (χ2v) is 15.2. The van der Waals surface area contributed by atoms with Gasteiger partial charge in [0.1, 0.15) is 22.3 Å². The van der Waals surface area contributed by atoms with Crippen molar-refractivity contribution >= 4 is 86.7 Å². The number of furan rings is 2. The minimum atomic E-state index is 0.543. The molecule has 12 aromatic rings. The van der Waals surface area contributed by atoms with Crippen molar-refractivity contribution in [2.45, 2.75) is 0 Å². The van der Waals surface area contributed by atoms with Gasteiger partial charge >= 0.3 is 0 Å². The third-order valence-corrected chi connectivity index (χ3v) is 12.2. The quantitative estimate of drug-likeness (QED) is 0.182. The standard InChI is InChI=1S/C50H28N2O2S/c1-3-13-44-37(7-1)39-11-5-9-35(48(39)53-44)31-19-15-29(16-20-31)33-24-26-45-41(27-33)47-50(54-45)52-42-25-23-34(28-43(42)51-47)30-17-21-32(22-18-30)36-10-6-12-40-38-8-2-4-14-46(38)55-49(36)40/h1-28H. The molecule has 0 aliphatic carbocycles. The lowest BCUT2D eigenvalue weighted by atomic mass is 9.98. The van der Waals surface area contributed by atoms with Gasteiger partial charge in [0.05, 0.1) is 11.0 Å². The Morgan fingerprint density at radius 1 is 0.382 bits per heavy atom. The zero-order chi connectivity index (χ0) is 36.0. The summed E-state index contributed by atoms with van der Waals surface area (Å²) in [7, 11) is 0. The van der Waals surface area contributed by atoms with E-state index in [9.17, 15) is 0 Å². The van der Waals surface area contributed by atoms with Crippen molar-refractivity contribution < 1.29 is 8.83 Å². The van der Waals surface area contributed by atoms with Crippen molar-refractivity contribution in [1.82, 2.24) is 9.97 Å². The second-order valence-electron chi connectivity index (χ2n) is 14.1. The molecule has 0 bridgehead atoms. The predicted octanol–water partition coefficient (Wildman–Crippen LogP) is 14.5. The zero-order valence-corrected chi connectivity index (χ0v) is 30.1. The van der Waals surface area contributed by atoms with E-state index in [1.54, 1.807) is 0 Å². The van der Waals surface area contributed by atoms with Crippen LogP contribution in [0.5, 0.6) is 0 Å². The summed E-state index contributed by atoms with van der Waals surface area (Å²) in [6, 6.07) is 59.9. The number of rotatable bonds is 4. The molecule has 55 heavy (non-hydrogen) atoms. The van der Waals surface area contributed by atoms with Crippen molar-refractivity contribution in [3.8, 4) is 44.5 Å². The summed E-state index contributed by atoms with van der Waals surface area (Å²) in [6.07, 6.45) is 0. The molecule has 4 aromatic heterocycles. The average Bonchev–Trinajstić information content (AvgIpc) is 3.93. The number of para-hydroxylation sites is 2. The van der Waals surface area contributed by atoms with Gasteiger partial charge in [-0.25, -0.2) is 9.97 Å². The minimum absolute atomic E-state index is 0.543. The maximum atomic E-state index is 6.32. The highest BCUT2D eigenvalue weighted by molar-refractivity contribution is 7.26. The molecular formula is C50H28N2O2S. The smallest absolute Gasteiger partial charge is 0.246 e. The number of fused-ring (bicyclic) bond motifs is 10. The van der Waals surface area contributed by atoms with Crippen molar-refractivity contribution in [1.29, 1.82) is 0 Å². The predicted molar refractivity (Wildman–Crippen MR) is 229 cm³/mol. The van der Waals surface area contributed by atoms with Crippen LogP contribution in [-0.4, -0.2) is 9.97 Å². The summed E-state index contributed by atoms with van der Waals surface area (Å²) in [5.41, 5.74) is 14.6. The van der Waals surface area contributed by atoms with Crippen LogP contribution in [0.25, 0.3) is 120 Å². The number of nitrogens with zero attached hydrogens (tertiary/aromatic N) is 2. The fourth-order valence-corrected chi connectivity index (χ4v) is 9.42. The van der Waals surface area contributed by atoms with E-state index in [-0.39, 0.29) is 0 Å². The first-order chi connectivity index (χ1) is 27.2. The topological polar surface area (TPSA) is 52.1 Å². The lowest BCUT2D eigenvalue weighted by Gasteiger charge is -2.07. The molecule has 0 saturated heterocycles. The number of benzene rings is 8. The van der Waals surface area contributed by atoms with Crippen molar-refractivity contribution in [3.63, 3.8) is 0 Å². The largest absolute Gasteiger partial charge is 0.455 e. The van der Waals surface area contributed by atoms with E-state index in [1.165, 1.54) is 31.3 Å². The third kappa shape index (κ3) is 4.77. The van der Waals surface area contributed by atoms with Crippen LogP contribution in [0, 0.1) is 0 Å². The highest BCUT2D eigenvalue weighted by atomic mass is 32.1. The lowest BCUT2D eigenvalue weighted by Crippen LogP contribution is -1.87. The van der Waals surface area contributed by atoms with E-state index in [4.69, 9.17) is 18.8 Å². The summed E-state index contributed by atoms with van der Waals surface area (Å²) in [6.45, 7) is 0. The third-order valence-electron chi connectivity index (χ3n) is 10.9. The highest BCUT2D eigenvalue weighted by Crippen LogP contribution is 2.41. The summed E-state index contributed by atoms with van der Waals surface area (Å²) >= 11 is 1.86. The Morgan fingerprint density at radius 3 is 1.84 bits per heavy atom. The Hall–Kier alpha value is -7.08. The molecule has 12 rings (SSSR count). The van der Waals surface area contributed by atoms with Gasteiger partial charge in [-0.3, -0.25) is 0 Å². The molecule has 0 atom stereocenters. The maximum Gasteiger partial charge on any atom is 0.246 e.